The molecule has 1 saturated heterocycles. The molecule has 3 rings (SSSR count). The number of methoxy groups -OCH3 is 1. The summed E-state index contributed by atoms with van der Waals surface area (Å²) < 4.78 is 4.75. The first kappa shape index (κ1) is 16.7. The summed E-state index contributed by atoms with van der Waals surface area (Å²) in [4.78, 5) is 24.7. The van der Waals surface area contributed by atoms with Crippen molar-refractivity contribution in [3.05, 3.63) is 53.9 Å². The van der Waals surface area contributed by atoms with Gasteiger partial charge in [-0.15, -0.1) is 0 Å². The van der Waals surface area contributed by atoms with E-state index in [0.29, 0.717) is 22.8 Å². The van der Waals surface area contributed by atoms with Gasteiger partial charge in [0, 0.05) is 11.8 Å². The number of H-pyrrole nitrogens is 1. The Balaban J connectivity index is 1.93. The van der Waals surface area contributed by atoms with Gasteiger partial charge < -0.3 is 10.1 Å². The van der Waals surface area contributed by atoms with Gasteiger partial charge in [-0.1, -0.05) is 18.2 Å². The van der Waals surface area contributed by atoms with Crippen molar-refractivity contribution in [3.63, 3.8) is 0 Å². The molecule has 8 heteroatoms. The van der Waals surface area contributed by atoms with Crippen molar-refractivity contribution in [2.45, 2.75) is 19.4 Å². The van der Waals surface area contributed by atoms with Gasteiger partial charge in [0.25, 0.3) is 5.91 Å². The van der Waals surface area contributed by atoms with E-state index in [-0.39, 0.29) is 12.3 Å². The molecule has 1 aliphatic heterocycles. The number of nitrogens with zero attached hydrogens (tertiary/aromatic N) is 2. The molecule has 1 amide bonds. The van der Waals surface area contributed by atoms with Gasteiger partial charge in [0.2, 0.25) is 0 Å². The summed E-state index contributed by atoms with van der Waals surface area (Å²) in [6.07, 6.45) is 1.65. The first-order valence-electron chi connectivity index (χ1n) is 7.80. The highest BCUT2D eigenvalue weighted by atomic mass is 16.5. The third-order valence-corrected chi connectivity index (χ3v) is 3.91. The fourth-order valence-electron chi connectivity index (χ4n) is 2.73. The van der Waals surface area contributed by atoms with Crippen LogP contribution in [0.25, 0.3) is 0 Å². The van der Waals surface area contributed by atoms with Crippen molar-refractivity contribution in [2.75, 3.05) is 17.4 Å². The highest BCUT2D eigenvalue weighted by molar-refractivity contribution is 6.09. The fraction of sp³-hybridized carbons (Fsp3) is 0.235. The quantitative estimate of drug-likeness (QED) is 0.564. The van der Waals surface area contributed by atoms with Crippen molar-refractivity contribution >= 4 is 23.4 Å². The van der Waals surface area contributed by atoms with Crippen molar-refractivity contribution in [1.29, 1.82) is 0 Å². The zero-order valence-corrected chi connectivity index (χ0v) is 13.9. The van der Waals surface area contributed by atoms with Crippen LogP contribution < -0.4 is 15.8 Å². The predicted octanol–water partition coefficient (Wildman–Crippen LogP) is 1.58. The summed E-state index contributed by atoms with van der Waals surface area (Å²) in [5, 5.41) is 11.2. The molecule has 0 unspecified atom stereocenters. The number of carbonyl (C=O) groups is 2. The molecule has 25 heavy (non-hydrogen) atoms. The van der Waals surface area contributed by atoms with E-state index in [0.717, 1.165) is 0 Å². The summed E-state index contributed by atoms with van der Waals surface area (Å²) >= 11 is 0. The highest BCUT2D eigenvalue weighted by Crippen LogP contribution is 2.27. The number of nitrogens with one attached hydrogen (secondary N) is 3. The van der Waals surface area contributed by atoms with E-state index in [1.807, 2.05) is 30.3 Å². The number of esters is 1. The average molecular weight is 341 g/mol. The first-order chi connectivity index (χ1) is 12.1. The zero-order chi connectivity index (χ0) is 17.8. The number of allylic oxidation sites excluding steroid dienone is 1. The molecule has 2 heterocycles. The maximum Gasteiger partial charge on any atom is 0.307 e. The second-order valence-corrected chi connectivity index (χ2v) is 5.57. The number of rotatable bonds is 5. The molecular formula is C17H19N5O3. The molecule has 8 nitrogen and oxygen atoms in total. The normalized spacial score (nSPS) is 19.0. The van der Waals surface area contributed by atoms with E-state index in [9.17, 15) is 9.59 Å². The van der Waals surface area contributed by atoms with Gasteiger partial charge in [0.1, 0.15) is 5.82 Å². The molecule has 1 atom stereocenters. The summed E-state index contributed by atoms with van der Waals surface area (Å²) in [6.45, 7) is 1.79. The van der Waals surface area contributed by atoms with Crippen LogP contribution in [-0.4, -0.2) is 35.2 Å². The molecule has 1 aliphatic rings. The lowest BCUT2D eigenvalue weighted by molar-refractivity contribution is -0.140. The van der Waals surface area contributed by atoms with E-state index < -0.39 is 12.0 Å². The number of hydrazine groups is 1. The Labute approximate surface area is 144 Å². The number of carbonyl (C=O) groups excluding carboxylic acids is 2. The van der Waals surface area contributed by atoms with E-state index >= 15 is 0 Å². The Kier molecular flexibility index (Phi) is 4.80. The zero-order valence-electron chi connectivity index (χ0n) is 13.9. The summed E-state index contributed by atoms with van der Waals surface area (Å²) in [6, 6.07) is 10.5. The second-order valence-electron chi connectivity index (χ2n) is 5.57. The topological polar surface area (TPSA) is 99.3 Å². The van der Waals surface area contributed by atoms with E-state index in [1.54, 1.807) is 19.2 Å². The molecule has 3 N–H and O–H groups in total. The van der Waals surface area contributed by atoms with E-state index in [4.69, 9.17) is 4.74 Å². The molecule has 0 radical (unpaired) electrons. The molecule has 0 saturated carbocycles. The van der Waals surface area contributed by atoms with E-state index in [1.165, 1.54) is 12.1 Å². The van der Waals surface area contributed by atoms with Gasteiger partial charge >= 0.3 is 5.97 Å². The number of benzene rings is 1. The van der Waals surface area contributed by atoms with Crippen LogP contribution >= 0.6 is 0 Å². The minimum atomic E-state index is -0.490. The Morgan fingerprint density at radius 2 is 2.08 bits per heavy atom. The summed E-state index contributed by atoms with van der Waals surface area (Å²) in [7, 11) is 1.33. The fourth-order valence-corrected chi connectivity index (χ4v) is 2.73. The van der Waals surface area contributed by atoms with Crippen LogP contribution in [0.15, 0.2) is 53.9 Å². The van der Waals surface area contributed by atoms with Crippen LogP contribution in [0.2, 0.25) is 0 Å². The number of ether oxygens (including phenoxy) is 1. The van der Waals surface area contributed by atoms with Gasteiger partial charge in [0.05, 0.1) is 37.0 Å². The van der Waals surface area contributed by atoms with Crippen LogP contribution in [0.4, 0.5) is 11.5 Å². The Morgan fingerprint density at radius 3 is 2.72 bits per heavy atom. The van der Waals surface area contributed by atoms with Crippen LogP contribution in [-0.2, 0) is 14.3 Å². The molecule has 130 valence electrons. The third-order valence-electron chi connectivity index (χ3n) is 3.91. The van der Waals surface area contributed by atoms with Gasteiger partial charge in [0.15, 0.2) is 0 Å². The van der Waals surface area contributed by atoms with Crippen molar-refractivity contribution < 1.29 is 14.3 Å². The predicted molar refractivity (Wildman–Crippen MR) is 92.4 cm³/mol. The third kappa shape index (κ3) is 3.53. The number of aromatic nitrogens is 2. The Bertz CT molecular complexity index is 786. The lowest BCUT2D eigenvalue weighted by atomic mass is 10.0. The number of hydrogen-bond donors (Lipinski definition) is 3. The molecule has 2 aromatic rings. The maximum atomic E-state index is 12.9. The summed E-state index contributed by atoms with van der Waals surface area (Å²) in [5.41, 5.74) is 4.90. The van der Waals surface area contributed by atoms with Gasteiger partial charge in [-0.05, 0) is 19.1 Å². The van der Waals surface area contributed by atoms with Gasteiger partial charge in [-0.25, -0.2) is 10.4 Å². The van der Waals surface area contributed by atoms with Crippen molar-refractivity contribution in [1.82, 2.24) is 15.6 Å². The molecule has 1 fully saturated rings. The number of aromatic amines is 1. The SMILES string of the molecule is COC(=O)C[C@H]1NN(c2ccccc2)C(=O)/C1=C(\C)Nc1ccn[nH]1. The minimum Gasteiger partial charge on any atom is -0.469 e. The molecule has 1 aromatic carbocycles. The van der Waals surface area contributed by atoms with Crippen LogP contribution in [0.5, 0.6) is 0 Å². The van der Waals surface area contributed by atoms with Crippen molar-refractivity contribution in [2.24, 2.45) is 0 Å². The van der Waals surface area contributed by atoms with Crippen LogP contribution in [0.1, 0.15) is 13.3 Å². The average Bonchev–Trinajstić information content (AvgIpc) is 3.23. The molecule has 1 aromatic heterocycles. The standard InChI is InChI=1S/C17H19N5O3/c1-11(19-14-8-9-18-20-14)16-13(10-15(23)25-2)21-22(17(16)24)12-6-4-3-5-7-12/h3-9,13,21H,10H2,1-2H3,(H2,18,19,20)/b16-11+/t13-/m1/s1. The first-order valence-corrected chi connectivity index (χ1v) is 7.80. The minimum absolute atomic E-state index is 0.0445. The van der Waals surface area contributed by atoms with Crippen molar-refractivity contribution in [3.8, 4) is 0 Å². The second kappa shape index (κ2) is 7.18. The number of amides is 1. The number of para-hydroxylation sites is 1. The molecule has 0 bridgehead atoms. The molecule has 0 aliphatic carbocycles. The lowest BCUT2D eigenvalue weighted by Gasteiger charge is -2.16. The Hall–Kier alpha value is -3.13. The molecule has 0 spiro atoms. The maximum absolute atomic E-state index is 12.9. The molecular weight excluding hydrogens is 322 g/mol. The monoisotopic (exact) mass is 341 g/mol. The number of hydrogen-bond acceptors (Lipinski definition) is 6. The van der Waals surface area contributed by atoms with Gasteiger partial charge in [-0.2, -0.15) is 5.10 Å². The summed E-state index contributed by atoms with van der Waals surface area (Å²) in [5.74, 6) is 0.0458. The Morgan fingerprint density at radius 1 is 1.32 bits per heavy atom. The highest BCUT2D eigenvalue weighted by Gasteiger charge is 2.38. The smallest absolute Gasteiger partial charge is 0.307 e. The van der Waals surface area contributed by atoms with Gasteiger partial charge in [-0.3, -0.25) is 14.7 Å². The van der Waals surface area contributed by atoms with Crippen LogP contribution in [0, 0.1) is 0 Å². The van der Waals surface area contributed by atoms with Crippen LogP contribution in [0.3, 0.4) is 0 Å². The van der Waals surface area contributed by atoms with E-state index in [2.05, 4.69) is 20.9 Å². The largest absolute Gasteiger partial charge is 0.469 e. The number of anilines is 2. The lowest BCUT2D eigenvalue weighted by Crippen LogP contribution is -2.38.